The first kappa shape index (κ1) is 11.9. The van der Waals surface area contributed by atoms with Gasteiger partial charge in [0.15, 0.2) is 0 Å². The minimum absolute atomic E-state index is 0.340. The monoisotopic (exact) mass is 252 g/mol. The SMILES string of the molecule is CNCc1nnc(N2CCOC3CCCCC32)o1. The molecule has 0 aromatic carbocycles. The van der Waals surface area contributed by atoms with Gasteiger partial charge in [0.05, 0.1) is 25.3 Å². The minimum atomic E-state index is 0.340. The highest BCUT2D eigenvalue weighted by atomic mass is 16.5. The molecule has 6 nitrogen and oxygen atoms in total. The smallest absolute Gasteiger partial charge is 0.318 e. The highest BCUT2D eigenvalue weighted by Crippen LogP contribution is 2.31. The van der Waals surface area contributed by atoms with Crippen molar-refractivity contribution in [1.82, 2.24) is 15.5 Å². The molecular formula is C12H20N4O2. The van der Waals surface area contributed by atoms with E-state index in [-0.39, 0.29) is 0 Å². The Morgan fingerprint density at radius 1 is 1.33 bits per heavy atom. The first-order chi connectivity index (χ1) is 8.88. The Morgan fingerprint density at radius 3 is 3.11 bits per heavy atom. The standard InChI is InChI=1S/C12H20N4O2/c1-13-8-11-14-15-12(18-11)16-6-7-17-10-5-3-2-4-9(10)16/h9-10,13H,2-8H2,1H3. The number of rotatable bonds is 3. The third-order valence-corrected chi connectivity index (χ3v) is 3.76. The van der Waals surface area contributed by atoms with E-state index in [1.807, 2.05) is 7.05 Å². The average Bonchev–Trinajstić information content (AvgIpc) is 2.87. The molecule has 2 fully saturated rings. The molecule has 1 aliphatic heterocycles. The second kappa shape index (κ2) is 5.24. The van der Waals surface area contributed by atoms with Gasteiger partial charge in [0.2, 0.25) is 5.89 Å². The van der Waals surface area contributed by atoms with Gasteiger partial charge >= 0.3 is 6.01 Å². The molecule has 100 valence electrons. The molecule has 1 aliphatic carbocycles. The Labute approximate surface area is 107 Å². The van der Waals surface area contributed by atoms with E-state index in [4.69, 9.17) is 9.15 Å². The third kappa shape index (κ3) is 2.22. The van der Waals surface area contributed by atoms with Crippen LogP contribution in [0.2, 0.25) is 0 Å². The summed E-state index contributed by atoms with van der Waals surface area (Å²) in [7, 11) is 1.87. The van der Waals surface area contributed by atoms with Crippen molar-refractivity contribution in [3.05, 3.63) is 5.89 Å². The molecule has 3 rings (SSSR count). The first-order valence-electron chi connectivity index (χ1n) is 6.73. The van der Waals surface area contributed by atoms with E-state index >= 15 is 0 Å². The fourth-order valence-electron chi connectivity index (χ4n) is 2.92. The van der Waals surface area contributed by atoms with Gasteiger partial charge in [-0.2, -0.15) is 0 Å². The molecule has 2 unspecified atom stereocenters. The summed E-state index contributed by atoms with van der Waals surface area (Å²) in [5, 5.41) is 11.2. The Morgan fingerprint density at radius 2 is 2.22 bits per heavy atom. The number of nitrogens with zero attached hydrogens (tertiary/aromatic N) is 3. The molecule has 0 radical (unpaired) electrons. The molecule has 6 heteroatoms. The summed E-state index contributed by atoms with van der Waals surface area (Å²) in [5.41, 5.74) is 0. The van der Waals surface area contributed by atoms with Crippen LogP contribution >= 0.6 is 0 Å². The van der Waals surface area contributed by atoms with Crippen LogP contribution in [-0.2, 0) is 11.3 Å². The van der Waals surface area contributed by atoms with Crippen molar-refractivity contribution < 1.29 is 9.15 Å². The van der Waals surface area contributed by atoms with E-state index in [1.54, 1.807) is 0 Å². The lowest BCUT2D eigenvalue weighted by Crippen LogP contribution is -2.53. The van der Waals surface area contributed by atoms with Gasteiger partial charge in [-0.1, -0.05) is 17.9 Å². The maximum Gasteiger partial charge on any atom is 0.318 e. The molecule has 1 aromatic rings. The summed E-state index contributed by atoms with van der Waals surface area (Å²) in [4.78, 5) is 2.24. The topological polar surface area (TPSA) is 63.4 Å². The maximum atomic E-state index is 5.84. The molecule has 1 saturated carbocycles. The molecule has 0 spiro atoms. The van der Waals surface area contributed by atoms with E-state index < -0.39 is 0 Å². The van der Waals surface area contributed by atoms with Gasteiger partial charge in [-0.15, -0.1) is 5.10 Å². The summed E-state index contributed by atoms with van der Waals surface area (Å²) in [6.45, 7) is 2.22. The molecule has 2 aliphatic rings. The number of aromatic nitrogens is 2. The molecule has 0 bridgehead atoms. The normalized spacial score (nSPS) is 28.2. The lowest BCUT2D eigenvalue weighted by molar-refractivity contribution is -0.0106. The fourth-order valence-corrected chi connectivity index (χ4v) is 2.92. The molecule has 2 heterocycles. The predicted molar refractivity (Wildman–Crippen MR) is 66.4 cm³/mol. The van der Waals surface area contributed by atoms with Crippen molar-refractivity contribution in [1.29, 1.82) is 0 Å². The van der Waals surface area contributed by atoms with Crippen LogP contribution in [0.4, 0.5) is 6.01 Å². The van der Waals surface area contributed by atoms with Crippen molar-refractivity contribution in [2.24, 2.45) is 0 Å². The van der Waals surface area contributed by atoms with Gasteiger partial charge in [-0.05, 0) is 19.9 Å². The quantitative estimate of drug-likeness (QED) is 0.863. The van der Waals surface area contributed by atoms with Crippen LogP contribution in [0.3, 0.4) is 0 Å². The first-order valence-corrected chi connectivity index (χ1v) is 6.73. The zero-order valence-electron chi connectivity index (χ0n) is 10.8. The van der Waals surface area contributed by atoms with E-state index in [9.17, 15) is 0 Å². The van der Waals surface area contributed by atoms with Gasteiger partial charge < -0.3 is 19.4 Å². The lowest BCUT2D eigenvalue weighted by atomic mass is 9.90. The number of ether oxygens (including phenoxy) is 1. The van der Waals surface area contributed by atoms with Crippen molar-refractivity contribution in [2.45, 2.75) is 44.4 Å². The van der Waals surface area contributed by atoms with Gasteiger partial charge in [-0.3, -0.25) is 0 Å². The van der Waals surface area contributed by atoms with Crippen LogP contribution in [-0.4, -0.2) is 42.5 Å². The Balaban J connectivity index is 1.76. The largest absolute Gasteiger partial charge is 0.407 e. The van der Waals surface area contributed by atoms with Crippen molar-refractivity contribution in [3.63, 3.8) is 0 Å². The molecule has 2 atom stereocenters. The van der Waals surface area contributed by atoms with E-state index in [2.05, 4.69) is 20.4 Å². The number of hydrogen-bond donors (Lipinski definition) is 1. The van der Waals surface area contributed by atoms with Gasteiger partial charge in [0.25, 0.3) is 0 Å². The number of hydrogen-bond acceptors (Lipinski definition) is 6. The Bertz CT molecular complexity index is 393. The maximum absolute atomic E-state index is 5.84. The number of fused-ring (bicyclic) bond motifs is 1. The summed E-state index contributed by atoms with van der Waals surface area (Å²) in [6, 6.07) is 1.07. The number of anilines is 1. The van der Waals surface area contributed by atoms with Crippen LogP contribution in [0.5, 0.6) is 0 Å². The molecule has 0 amide bonds. The average molecular weight is 252 g/mol. The van der Waals surface area contributed by atoms with Crippen LogP contribution in [0.1, 0.15) is 31.6 Å². The summed E-state index contributed by atoms with van der Waals surface area (Å²) in [5.74, 6) is 0.645. The molecule has 1 saturated heterocycles. The number of morpholine rings is 1. The highest BCUT2D eigenvalue weighted by Gasteiger charge is 2.36. The molecule has 1 N–H and O–H groups in total. The number of nitrogens with one attached hydrogen (secondary N) is 1. The van der Waals surface area contributed by atoms with Gasteiger partial charge in [0.1, 0.15) is 0 Å². The molecular weight excluding hydrogens is 232 g/mol. The van der Waals surface area contributed by atoms with Crippen LogP contribution in [0, 0.1) is 0 Å². The van der Waals surface area contributed by atoms with E-state index in [0.717, 1.165) is 26.0 Å². The second-order valence-corrected chi connectivity index (χ2v) is 4.96. The lowest BCUT2D eigenvalue weighted by Gasteiger charge is -2.42. The second-order valence-electron chi connectivity index (χ2n) is 4.96. The zero-order valence-corrected chi connectivity index (χ0v) is 10.8. The fraction of sp³-hybridized carbons (Fsp3) is 0.833. The van der Waals surface area contributed by atoms with Gasteiger partial charge in [-0.25, -0.2) is 0 Å². The van der Waals surface area contributed by atoms with Gasteiger partial charge in [0, 0.05) is 6.54 Å². The van der Waals surface area contributed by atoms with Crippen LogP contribution < -0.4 is 10.2 Å². The third-order valence-electron chi connectivity index (χ3n) is 3.76. The zero-order chi connectivity index (χ0) is 12.4. The van der Waals surface area contributed by atoms with Crippen LogP contribution in [0.25, 0.3) is 0 Å². The Kier molecular flexibility index (Phi) is 3.47. The van der Waals surface area contributed by atoms with E-state index in [1.165, 1.54) is 12.8 Å². The molecule has 1 aromatic heterocycles. The van der Waals surface area contributed by atoms with Crippen molar-refractivity contribution in [2.75, 3.05) is 25.1 Å². The predicted octanol–water partition coefficient (Wildman–Crippen LogP) is 0.937. The summed E-state index contributed by atoms with van der Waals surface area (Å²) >= 11 is 0. The highest BCUT2D eigenvalue weighted by molar-refractivity contribution is 5.29. The van der Waals surface area contributed by atoms with Crippen molar-refractivity contribution in [3.8, 4) is 0 Å². The van der Waals surface area contributed by atoms with Crippen LogP contribution in [0.15, 0.2) is 4.42 Å². The molecule has 18 heavy (non-hydrogen) atoms. The van der Waals surface area contributed by atoms with Crippen molar-refractivity contribution >= 4 is 6.01 Å². The minimum Gasteiger partial charge on any atom is -0.407 e. The van der Waals surface area contributed by atoms with E-state index in [0.29, 0.717) is 30.6 Å². The summed E-state index contributed by atoms with van der Waals surface area (Å²) in [6.07, 6.45) is 5.18. The Hall–Kier alpha value is -1.14. The summed E-state index contributed by atoms with van der Waals surface area (Å²) < 4.78 is 11.5.